The van der Waals surface area contributed by atoms with Gasteiger partial charge in [-0.2, -0.15) is 0 Å². The SMILES string of the molecule is CCC(CC)(c1cc(C)c(OCCO)c(C)c1)c1cc(C)c(OCCO)c(C)c1. The molecule has 2 aromatic rings. The molecule has 0 radical (unpaired) electrons. The van der Waals surface area contributed by atoms with Crippen LogP contribution in [0.3, 0.4) is 0 Å². The maximum atomic E-state index is 9.10. The molecule has 0 aliphatic carbocycles. The zero-order valence-electron chi connectivity index (χ0n) is 18.8. The Balaban J connectivity index is 2.57. The van der Waals surface area contributed by atoms with Crippen molar-refractivity contribution in [2.24, 2.45) is 0 Å². The van der Waals surface area contributed by atoms with Crippen LogP contribution in [0.25, 0.3) is 0 Å². The number of aliphatic hydroxyl groups is 2. The van der Waals surface area contributed by atoms with E-state index < -0.39 is 0 Å². The number of aryl methyl sites for hydroxylation is 4. The first-order valence-electron chi connectivity index (χ1n) is 10.5. The Hall–Kier alpha value is -2.04. The minimum Gasteiger partial charge on any atom is -0.491 e. The molecule has 0 aliphatic heterocycles. The fourth-order valence-corrected chi connectivity index (χ4v) is 4.44. The standard InChI is InChI=1S/C25H36O4/c1-7-25(8-2,21-13-17(3)23(18(4)14-21)28-11-9-26)22-15-19(5)24(20(6)16-22)29-12-10-27/h13-16,26-27H,7-12H2,1-6H3. The minimum absolute atomic E-state index is 0.0117. The third kappa shape index (κ3) is 4.76. The number of benzene rings is 2. The van der Waals surface area contributed by atoms with Crippen LogP contribution < -0.4 is 9.47 Å². The van der Waals surface area contributed by atoms with Gasteiger partial charge in [-0.05, 0) is 73.9 Å². The Morgan fingerprint density at radius 3 is 1.21 bits per heavy atom. The summed E-state index contributed by atoms with van der Waals surface area (Å²) in [5.41, 5.74) is 6.85. The molecule has 2 rings (SSSR count). The molecule has 0 spiro atoms. The summed E-state index contributed by atoms with van der Waals surface area (Å²) in [5.74, 6) is 1.73. The van der Waals surface area contributed by atoms with E-state index >= 15 is 0 Å². The molecule has 0 aromatic heterocycles. The van der Waals surface area contributed by atoms with Crippen LogP contribution in [0.5, 0.6) is 11.5 Å². The Morgan fingerprint density at radius 2 is 0.966 bits per heavy atom. The second-order valence-electron chi connectivity index (χ2n) is 7.81. The quantitative estimate of drug-likeness (QED) is 0.603. The van der Waals surface area contributed by atoms with Crippen LogP contribution in [0.2, 0.25) is 0 Å². The van der Waals surface area contributed by atoms with Crippen molar-refractivity contribution in [3.8, 4) is 11.5 Å². The number of hydrogen-bond donors (Lipinski definition) is 2. The van der Waals surface area contributed by atoms with Gasteiger partial charge in [0.05, 0.1) is 13.2 Å². The lowest BCUT2D eigenvalue weighted by atomic mass is 9.69. The lowest BCUT2D eigenvalue weighted by Crippen LogP contribution is -2.27. The first-order valence-corrected chi connectivity index (χ1v) is 10.5. The molecule has 160 valence electrons. The minimum atomic E-state index is -0.101. The predicted octanol–water partition coefficient (Wildman–Crippen LogP) is 4.77. The Labute approximate surface area is 175 Å². The van der Waals surface area contributed by atoms with E-state index in [4.69, 9.17) is 19.7 Å². The average molecular weight is 401 g/mol. The second kappa shape index (κ2) is 10.1. The molecule has 2 aromatic carbocycles. The van der Waals surface area contributed by atoms with Gasteiger partial charge in [0.2, 0.25) is 0 Å². The van der Waals surface area contributed by atoms with Crippen LogP contribution in [0.1, 0.15) is 60.1 Å². The average Bonchev–Trinajstić information content (AvgIpc) is 2.68. The van der Waals surface area contributed by atoms with Gasteiger partial charge in [-0.1, -0.05) is 38.1 Å². The van der Waals surface area contributed by atoms with E-state index in [0.717, 1.165) is 46.6 Å². The van der Waals surface area contributed by atoms with Crippen molar-refractivity contribution in [3.05, 3.63) is 57.6 Å². The van der Waals surface area contributed by atoms with Crippen LogP contribution >= 0.6 is 0 Å². The highest BCUT2D eigenvalue weighted by molar-refractivity contribution is 5.52. The normalized spacial score (nSPS) is 11.6. The van der Waals surface area contributed by atoms with Gasteiger partial charge in [-0.25, -0.2) is 0 Å². The first kappa shape index (κ1) is 23.2. The molecule has 29 heavy (non-hydrogen) atoms. The molecular formula is C25H36O4. The monoisotopic (exact) mass is 400 g/mol. The highest BCUT2D eigenvalue weighted by atomic mass is 16.5. The zero-order valence-corrected chi connectivity index (χ0v) is 18.8. The lowest BCUT2D eigenvalue weighted by Gasteiger charge is -2.35. The summed E-state index contributed by atoms with van der Waals surface area (Å²) in [5, 5.41) is 18.2. The van der Waals surface area contributed by atoms with Crippen LogP contribution in [0.4, 0.5) is 0 Å². The van der Waals surface area contributed by atoms with Crippen molar-refractivity contribution < 1.29 is 19.7 Å². The van der Waals surface area contributed by atoms with Crippen molar-refractivity contribution >= 4 is 0 Å². The zero-order chi connectivity index (χ0) is 21.6. The summed E-state index contributed by atoms with van der Waals surface area (Å²) in [6.07, 6.45) is 1.96. The summed E-state index contributed by atoms with van der Waals surface area (Å²) < 4.78 is 11.5. The Bertz CT molecular complexity index is 710. The topological polar surface area (TPSA) is 58.9 Å². The largest absolute Gasteiger partial charge is 0.491 e. The summed E-state index contributed by atoms with van der Waals surface area (Å²) in [7, 11) is 0. The van der Waals surface area contributed by atoms with Gasteiger partial charge >= 0.3 is 0 Å². The van der Waals surface area contributed by atoms with Gasteiger partial charge in [0.15, 0.2) is 0 Å². The molecule has 0 aliphatic rings. The van der Waals surface area contributed by atoms with Crippen LogP contribution in [0, 0.1) is 27.7 Å². The molecule has 2 N–H and O–H groups in total. The van der Waals surface area contributed by atoms with E-state index in [0.29, 0.717) is 13.2 Å². The van der Waals surface area contributed by atoms with Crippen LogP contribution in [-0.2, 0) is 5.41 Å². The van der Waals surface area contributed by atoms with Crippen molar-refractivity contribution in [2.45, 2.75) is 59.8 Å². The second-order valence-corrected chi connectivity index (χ2v) is 7.81. The molecule has 0 saturated carbocycles. The molecule has 4 nitrogen and oxygen atoms in total. The summed E-state index contributed by atoms with van der Waals surface area (Å²) >= 11 is 0. The van der Waals surface area contributed by atoms with Crippen LogP contribution in [0.15, 0.2) is 24.3 Å². The van der Waals surface area contributed by atoms with E-state index in [9.17, 15) is 0 Å². The van der Waals surface area contributed by atoms with E-state index in [1.54, 1.807) is 0 Å². The molecule has 0 bridgehead atoms. The molecule has 0 amide bonds. The number of rotatable bonds is 10. The maximum Gasteiger partial charge on any atom is 0.125 e. The maximum absolute atomic E-state index is 9.10. The molecule has 0 atom stereocenters. The molecule has 0 heterocycles. The van der Waals surface area contributed by atoms with Crippen molar-refractivity contribution in [1.29, 1.82) is 0 Å². The van der Waals surface area contributed by atoms with Gasteiger partial charge in [0.1, 0.15) is 24.7 Å². The lowest BCUT2D eigenvalue weighted by molar-refractivity contribution is 0.199. The summed E-state index contributed by atoms with van der Waals surface area (Å²) in [4.78, 5) is 0. The van der Waals surface area contributed by atoms with E-state index in [1.807, 2.05) is 0 Å². The van der Waals surface area contributed by atoms with Gasteiger partial charge in [-0.15, -0.1) is 0 Å². The van der Waals surface area contributed by atoms with E-state index in [-0.39, 0.29) is 18.6 Å². The van der Waals surface area contributed by atoms with Crippen LogP contribution in [-0.4, -0.2) is 36.6 Å². The smallest absolute Gasteiger partial charge is 0.125 e. The number of aliphatic hydroxyl groups excluding tert-OH is 2. The Kier molecular flexibility index (Phi) is 8.12. The highest BCUT2D eigenvalue weighted by Gasteiger charge is 2.32. The summed E-state index contributed by atoms with van der Waals surface area (Å²) in [6, 6.07) is 8.92. The van der Waals surface area contributed by atoms with Crippen molar-refractivity contribution in [1.82, 2.24) is 0 Å². The molecule has 0 unspecified atom stereocenters. The van der Waals surface area contributed by atoms with Gasteiger partial charge in [0, 0.05) is 5.41 Å². The third-order valence-corrected chi connectivity index (χ3v) is 5.91. The van der Waals surface area contributed by atoms with Crippen molar-refractivity contribution in [3.63, 3.8) is 0 Å². The number of ether oxygens (including phenoxy) is 2. The van der Waals surface area contributed by atoms with E-state index in [1.165, 1.54) is 11.1 Å². The molecule has 4 heteroatoms. The number of hydrogen-bond acceptors (Lipinski definition) is 4. The fraction of sp³-hybridized carbons (Fsp3) is 0.520. The molecular weight excluding hydrogens is 364 g/mol. The highest BCUT2D eigenvalue weighted by Crippen LogP contribution is 2.43. The molecule has 0 saturated heterocycles. The van der Waals surface area contributed by atoms with Gasteiger partial charge in [0.25, 0.3) is 0 Å². The predicted molar refractivity (Wildman–Crippen MR) is 118 cm³/mol. The van der Waals surface area contributed by atoms with Crippen molar-refractivity contribution in [2.75, 3.05) is 26.4 Å². The van der Waals surface area contributed by atoms with Gasteiger partial charge < -0.3 is 19.7 Å². The van der Waals surface area contributed by atoms with Gasteiger partial charge in [-0.3, -0.25) is 0 Å². The Morgan fingerprint density at radius 1 is 0.655 bits per heavy atom. The third-order valence-electron chi connectivity index (χ3n) is 5.91. The molecule has 0 fully saturated rings. The van der Waals surface area contributed by atoms with E-state index in [2.05, 4.69) is 65.8 Å². The fourth-order valence-electron chi connectivity index (χ4n) is 4.44. The summed E-state index contributed by atoms with van der Waals surface area (Å²) in [6.45, 7) is 13.4. The first-order chi connectivity index (χ1) is 13.8.